The third-order valence-corrected chi connectivity index (χ3v) is 11.3. The lowest BCUT2D eigenvalue weighted by Crippen LogP contribution is -2.83. The number of rotatable bonds is 11. The van der Waals surface area contributed by atoms with Crippen molar-refractivity contribution in [3.8, 4) is 11.1 Å². The fourth-order valence-electron chi connectivity index (χ4n) is 8.62. The van der Waals surface area contributed by atoms with E-state index in [0.29, 0.717) is 16.7 Å². The molecule has 282 valence electrons. The average Bonchev–Trinajstić information content (AvgIpc) is 3.53. The van der Waals surface area contributed by atoms with E-state index in [4.69, 9.17) is 14.2 Å². The van der Waals surface area contributed by atoms with Gasteiger partial charge in [-0.25, -0.2) is 4.79 Å². The Balaban J connectivity index is 1.33. The maximum Gasteiger partial charge on any atom is 0.407 e. The summed E-state index contributed by atoms with van der Waals surface area (Å²) in [5.74, 6) is -2.31. The summed E-state index contributed by atoms with van der Waals surface area (Å²) in [6, 6.07) is 40.6. The van der Waals surface area contributed by atoms with Gasteiger partial charge in [0, 0.05) is 13.0 Å². The molecule has 1 aliphatic carbocycles. The Bertz CT molecular complexity index is 2040. The summed E-state index contributed by atoms with van der Waals surface area (Å²) < 4.78 is 17.6. The van der Waals surface area contributed by atoms with Gasteiger partial charge in [-0.1, -0.05) is 140 Å². The van der Waals surface area contributed by atoms with Crippen molar-refractivity contribution >= 4 is 17.7 Å². The monoisotopic (exact) mass is 741 g/mol. The first kappa shape index (κ1) is 37.8. The molecule has 0 radical (unpaired) electrons. The number of aliphatic hydroxyl groups is 3. The van der Waals surface area contributed by atoms with Gasteiger partial charge in [0.05, 0.1) is 5.41 Å². The van der Waals surface area contributed by atoms with Crippen molar-refractivity contribution in [1.82, 2.24) is 5.32 Å². The first-order valence-electron chi connectivity index (χ1n) is 18.1. The van der Waals surface area contributed by atoms with Crippen molar-refractivity contribution in [3.63, 3.8) is 0 Å². The molecule has 5 aromatic carbocycles. The zero-order chi connectivity index (χ0) is 39.0. The highest BCUT2D eigenvalue weighted by atomic mass is 16.7. The number of methoxy groups -OCH3 is 1. The van der Waals surface area contributed by atoms with Crippen molar-refractivity contribution in [2.75, 3.05) is 13.7 Å². The largest absolute Gasteiger partial charge is 0.449 e. The maximum atomic E-state index is 14.0. The molecule has 1 aliphatic heterocycles. The number of ether oxygens (including phenoxy) is 3. The molecule has 1 unspecified atom stereocenters. The van der Waals surface area contributed by atoms with Crippen molar-refractivity contribution < 1.29 is 43.9 Å². The molecule has 0 spiro atoms. The van der Waals surface area contributed by atoms with Crippen molar-refractivity contribution in [3.05, 3.63) is 167 Å². The lowest BCUT2D eigenvalue weighted by atomic mass is 9.60. The minimum absolute atomic E-state index is 0.140. The second kappa shape index (κ2) is 15.0. The van der Waals surface area contributed by atoms with Crippen LogP contribution in [0, 0.1) is 0 Å². The van der Waals surface area contributed by atoms with Gasteiger partial charge in [-0.3, -0.25) is 9.59 Å². The number of benzene rings is 5. The van der Waals surface area contributed by atoms with Crippen LogP contribution < -0.4 is 5.32 Å². The molecule has 0 aromatic heterocycles. The summed E-state index contributed by atoms with van der Waals surface area (Å²) in [6.45, 7) is 1.93. The van der Waals surface area contributed by atoms with E-state index in [9.17, 15) is 29.7 Å². The highest BCUT2D eigenvalue weighted by molar-refractivity contribution is 5.93. The van der Waals surface area contributed by atoms with Crippen molar-refractivity contribution in [2.24, 2.45) is 0 Å². The number of ketones is 2. The molecule has 1 heterocycles. The lowest BCUT2D eigenvalue weighted by Gasteiger charge is -2.56. The summed E-state index contributed by atoms with van der Waals surface area (Å²) in [6.07, 6.45) is -6.75. The summed E-state index contributed by atoms with van der Waals surface area (Å²) in [5, 5.41) is 40.6. The quantitative estimate of drug-likeness (QED) is 0.132. The Morgan fingerprint density at radius 1 is 0.691 bits per heavy atom. The van der Waals surface area contributed by atoms with Crippen LogP contribution in [0.4, 0.5) is 4.79 Å². The predicted molar refractivity (Wildman–Crippen MR) is 204 cm³/mol. The van der Waals surface area contributed by atoms with E-state index in [2.05, 4.69) is 5.32 Å². The van der Waals surface area contributed by atoms with E-state index in [0.717, 1.165) is 36.1 Å². The number of carbonyl (C=O) groups excluding carboxylic acids is 3. The van der Waals surface area contributed by atoms with Crippen LogP contribution in [0.1, 0.15) is 47.6 Å². The normalized spacial score (nSPS) is 23.9. The second-order valence-corrected chi connectivity index (χ2v) is 14.1. The summed E-state index contributed by atoms with van der Waals surface area (Å²) in [5.41, 5.74) is -1.65. The van der Waals surface area contributed by atoms with Gasteiger partial charge >= 0.3 is 6.09 Å². The number of alkyl carbamates (subject to hydrolysis) is 1. The molecular formula is C45H43NO9. The molecule has 10 nitrogen and oxygen atoms in total. The molecule has 1 amide bonds. The van der Waals surface area contributed by atoms with Gasteiger partial charge in [0.25, 0.3) is 0 Å². The van der Waals surface area contributed by atoms with Crippen LogP contribution in [0.5, 0.6) is 0 Å². The second-order valence-electron chi connectivity index (χ2n) is 14.1. The molecular weight excluding hydrogens is 698 g/mol. The van der Waals surface area contributed by atoms with E-state index in [1.807, 2.05) is 103 Å². The molecule has 5 aromatic rings. The van der Waals surface area contributed by atoms with E-state index in [1.54, 1.807) is 36.4 Å². The lowest BCUT2D eigenvalue weighted by molar-refractivity contribution is -0.328. The van der Waals surface area contributed by atoms with Crippen LogP contribution in [0.3, 0.4) is 0 Å². The number of carbonyl (C=O) groups is 3. The third kappa shape index (κ3) is 6.07. The van der Waals surface area contributed by atoms with Gasteiger partial charge in [0.2, 0.25) is 0 Å². The number of hydrogen-bond acceptors (Lipinski definition) is 9. The molecule has 2 aliphatic rings. The first-order valence-corrected chi connectivity index (χ1v) is 18.1. The Labute approximate surface area is 319 Å². The van der Waals surface area contributed by atoms with Crippen LogP contribution in [0.25, 0.3) is 11.1 Å². The molecule has 1 saturated heterocycles. The van der Waals surface area contributed by atoms with Crippen LogP contribution in [-0.4, -0.2) is 82.4 Å². The first-order chi connectivity index (χ1) is 26.5. The third-order valence-electron chi connectivity index (χ3n) is 11.3. The highest BCUT2D eigenvalue weighted by Gasteiger charge is 2.71. The standard InChI is InChI=1S/C45H43NO9/c1-28(47)44(51)39(38(49)43(30-17-7-4-8-18-30,31-19-9-5-10-20-31)32-21-11-6-12-22-32)55-41(53-3)45(52,29(2)48)40(44)46-42(50)54-27-37-35-25-15-13-23-33(35)34-24-14-16-26-36(34)37/h4-26,37-41,49,51-52H,27H2,1-3H3,(H,46,50)/t38?,39-,40-,41+,44-,45-/m1/s1. The van der Waals surface area contributed by atoms with E-state index < -0.39 is 58.8 Å². The molecule has 55 heavy (non-hydrogen) atoms. The smallest absolute Gasteiger partial charge is 0.407 e. The topological polar surface area (TPSA) is 152 Å². The van der Waals surface area contributed by atoms with E-state index in [-0.39, 0.29) is 12.5 Å². The minimum atomic E-state index is -2.94. The number of fused-ring (bicyclic) bond motifs is 3. The zero-order valence-electron chi connectivity index (χ0n) is 30.7. The van der Waals surface area contributed by atoms with Crippen LogP contribution in [0.2, 0.25) is 0 Å². The predicted octanol–water partition coefficient (Wildman–Crippen LogP) is 5.30. The zero-order valence-corrected chi connectivity index (χ0v) is 30.7. The Kier molecular flexibility index (Phi) is 10.3. The van der Waals surface area contributed by atoms with Gasteiger partial charge in [0.15, 0.2) is 29.1 Å². The molecule has 10 heteroatoms. The summed E-state index contributed by atoms with van der Waals surface area (Å²) in [4.78, 5) is 41.4. The molecule has 6 atom stereocenters. The Morgan fingerprint density at radius 3 is 1.53 bits per heavy atom. The van der Waals surface area contributed by atoms with Crippen LogP contribution >= 0.6 is 0 Å². The SMILES string of the molecule is CO[C@H]1O[C@H](C(O)C(c2ccccc2)(c2ccccc2)c2ccccc2)[C@](O)(C(C)=O)[C@@H](NC(=O)OCC2c3ccccc3-c3ccccc32)[C@]1(O)C(C)=O. The molecule has 0 saturated carbocycles. The fraction of sp³-hybridized carbons (Fsp3) is 0.267. The molecule has 7 rings (SSSR count). The Morgan fingerprint density at radius 2 is 1.11 bits per heavy atom. The van der Waals surface area contributed by atoms with Crippen LogP contribution in [0.15, 0.2) is 140 Å². The number of aliphatic hydroxyl groups excluding tert-OH is 1. The van der Waals surface area contributed by atoms with Gasteiger partial charge < -0.3 is 34.8 Å². The van der Waals surface area contributed by atoms with E-state index in [1.165, 1.54) is 7.11 Å². The molecule has 1 fully saturated rings. The van der Waals surface area contributed by atoms with Gasteiger partial charge in [-0.05, 0) is 52.8 Å². The number of nitrogens with one attached hydrogen (secondary N) is 1. The maximum absolute atomic E-state index is 14.0. The number of Topliss-reactive ketones (excluding diaryl/α,β-unsaturated/α-hetero) is 2. The molecule has 0 bridgehead atoms. The van der Waals surface area contributed by atoms with Gasteiger partial charge in [-0.15, -0.1) is 0 Å². The average molecular weight is 742 g/mol. The summed E-state index contributed by atoms with van der Waals surface area (Å²) >= 11 is 0. The number of hydrogen-bond donors (Lipinski definition) is 4. The van der Waals surface area contributed by atoms with Gasteiger partial charge in [-0.2, -0.15) is 0 Å². The van der Waals surface area contributed by atoms with E-state index >= 15 is 0 Å². The van der Waals surface area contributed by atoms with Gasteiger partial charge in [0.1, 0.15) is 24.9 Å². The van der Waals surface area contributed by atoms with Crippen molar-refractivity contribution in [1.29, 1.82) is 0 Å². The van der Waals surface area contributed by atoms with Crippen LogP contribution in [-0.2, 0) is 29.2 Å². The fourth-order valence-corrected chi connectivity index (χ4v) is 8.62. The Hall–Kier alpha value is -5.49. The molecule has 4 N–H and O–H groups in total. The highest BCUT2D eigenvalue weighted by Crippen LogP contribution is 2.49. The summed E-state index contributed by atoms with van der Waals surface area (Å²) in [7, 11) is 1.17. The minimum Gasteiger partial charge on any atom is -0.449 e. The number of amides is 1. The van der Waals surface area contributed by atoms with Crippen molar-refractivity contribution in [2.45, 2.75) is 60.9 Å².